The van der Waals surface area contributed by atoms with Gasteiger partial charge in [-0.3, -0.25) is 4.79 Å². The van der Waals surface area contributed by atoms with E-state index in [0.717, 1.165) is 33.2 Å². The van der Waals surface area contributed by atoms with Gasteiger partial charge >= 0.3 is 0 Å². The third kappa shape index (κ3) is 4.21. The largest absolute Gasteiger partial charge is 0.497 e. The third-order valence-electron chi connectivity index (χ3n) is 5.67. The number of para-hydroxylation sites is 1. The van der Waals surface area contributed by atoms with Crippen molar-refractivity contribution in [3.63, 3.8) is 0 Å². The van der Waals surface area contributed by atoms with Crippen molar-refractivity contribution in [2.24, 2.45) is 0 Å². The van der Waals surface area contributed by atoms with Gasteiger partial charge < -0.3 is 14.6 Å². The number of carbonyl (C=O) groups excluding carboxylic acids is 1. The summed E-state index contributed by atoms with van der Waals surface area (Å²) < 4.78 is 10.8. The van der Waals surface area contributed by atoms with Gasteiger partial charge in [0.15, 0.2) is 5.82 Å². The van der Waals surface area contributed by atoms with E-state index >= 15 is 0 Å². The fourth-order valence-corrected chi connectivity index (χ4v) is 3.61. The Morgan fingerprint density at radius 2 is 1.78 bits per heavy atom. The number of anilines is 1. The highest BCUT2D eigenvalue weighted by atomic mass is 16.5. The summed E-state index contributed by atoms with van der Waals surface area (Å²) in [6.07, 6.45) is 0. The summed E-state index contributed by atoms with van der Waals surface area (Å²) in [5, 5.41) is 9.28. The number of methoxy groups -OCH3 is 1. The molecule has 3 aromatic carbocycles. The summed E-state index contributed by atoms with van der Waals surface area (Å²) in [6, 6.07) is 17.7. The van der Waals surface area contributed by atoms with Crippen molar-refractivity contribution in [2.75, 3.05) is 12.4 Å². The maximum atomic E-state index is 13.2. The monoisotopic (exact) mass is 429 g/mol. The molecule has 0 unspecified atom stereocenters. The molecule has 0 saturated carbocycles. The molecule has 1 heterocycles. The molecule has 1 aromatic heterocycles. The smallest absolute Gasteiger partial charge is 0.260 e. The second kappa shape index (κ2) is 8.83. The fraction of sp³-hybridized carbons (Fsp3) is 0.269. The van der Waals surface area contributed by atoms with E-state index in [1.807, 2.05) is 82.3 Å². The summed E-state index contributed by atoms with van der Waals surface area (Å²) in [6.45, 7) is 7.87. The van der Waals surface area contributed by atoms with E-state index in [4.69, 9.17) is 9.26 Å². The SMILES string of the molecule is COc1ccc2cc([C@H](C)C(=O)Nc3c(C)cccc3-c3nc(C(C)C)no3)ccc2c1. The Morgan fingerprint density at radius 3 is 2.50 bits per heavy atom. The first-order chi connectivity index (χ1) is 15.4. The lowest BCUT2D eigenvalue weighted by Crippen LogP contribution is -2.20. The van der Waals surface area contributed by atoms with Crippen LogP contribution in [0.5, 0.6) is 5.75 Å². The van der Waals surface area contributed by atoms with Gasteiger partial charge in [-0.15, -0.1) is 0 Å². The van der Waals surface area contributed by atoms with Crippen LogP contribution in [-0.4, -0.2) is 23.2 Å². The number of benzene rings is 3. The van der Waals surface area contributed by atoms with Gasteiger partial charge in [0.05, 0.1) is 24.3 Å². The zero-order valence-electron chi connectivity index (χ0n) is 19.0. The van der Waals surface area contributed by atoms with Crippen LogP contribution in [0.25, 0.3) is 22.2 Å². The van der Waals surface area contributed by atoms with Gasteiger partial charge in [0.25, 0.3) is 5.89 Å². The first kappa shape index (κ1) is 21.6. The molecule has 0 saturated heterocycles. The number of amides is 1. The van der Waals surface area contributed by atoms with E-state index in [1.54, 1.807) is 7.11 Å². The van der Waals surface area contributed by atoms with Crippen molar-refractivity contribution < 1.29 is 14.1 Å². The van der Waals surface area contributed by atoms with E-state index in [-0.39, 0.29) is 17.7 Å². The molecule has 0 aliphatic heterocycles. The summed E-state index contributed by atoms with van der Waals surface area (Å²) in [5.41, 5.74) is 3.28. The Balaban J connectivity index is 1.61. The van der Waals surface area contributed by atoms with Crippen LogP contribution >= 0.6 is 0 Å². The number of hydrogen-bond acceptors (Lipinski definition) is 5. The van der Waals surface area contributed by atoms with Crippen LogP contribution in [0.15, 0.2) is 59.1 Å². The molecule has 0 spiro atoms. The van der Waals surface area contributed by atoms with Crippen molar-refractivity contribution >= 4 is 22.4 Å². The molecular weight excluding hydrogens is 402 g/mol. The molecule has 0 aliphatic carbocycles. The molecule has 6 heteroatoms. The number of rotatable bonds is 6. The molecule has 6 nitrogen and oxygen atoms in total. The van der Waals surface area contributed by atoms with Crippen LogP contribution in [0.4, 0.5) is 5.69 Å². The van der Waals surface area contributed by atoms with Crippen molar-refractivity contribution in [1.29, 1.82) is 0 Å². The van der Waals surface area contributed by atoms with Crippen LogP contribution in [0.3, 0.4) is 0 Å². The minimum atomic E-state index is -0.345. The van der Waals surface area contributed by atoms with Gasteiger partial charge in [0.1, 0.15) is 5.75 Å². The second-order valence-corrected chi connectivity index (χ2v) is 8.29. The lowest BCUT2D eigenvalue weighted by atomic mass is 9.96. The van der Waals surface area contributed by atoms with E-state index in [2.05, 4.69) is 15.5 Å². The normalized spacial score (nSPS) is 12.2. The van der Waals surface area contributed by atoms with E-state index in [0.29, 0.717) is 17.4 Å². The zero-order valence-corrected chi connectivity index (χ0v) is 19.0. The maximum Gasteiger partial charge on any atom is 0.260 e. The molecule has 4 rings (SSSR count). The highest BCUT2D eigenvalue weighted by Crippen LogP contribution is 2.32. The first-order valence-electron chi connectivity index (χ1n) is 10.7. The lowest BCUT2D eigenvalue weighted by Gasteiger charge is -2.16. The summed E-state index contributed by atoms with van der Waals surface area (Å²) >= 11 is 0. The van der Waals surface area contributed by atoms with Gasteiger partial charge in [0.2, 0.25) is 5.91 Å². The highest BCUT2D eigenvalue weighted by molar-refractivity contribution is 6.00. The molecule has 1 amide bonds. The maximum absolute atomic E-state index is 13.2. The van der Waals surface area contributed by atoms with Gasteiger partial charge in [-0.05, 0) is 53.9 Å². The number of nitrogens with zero attached hydrogens (tertiary/aromatic N) is 2. The van der Waals surface area contributed by atoms with Crippen molar-refractivity contribution in [3.8, 4) is 17.2 Å². The van der Waals surface area contributed by atoms with Gasteiger partial charge in [-0.1, -0.05) is 55.4 Å². The van der Waals surface area contributed by atoms with E-state index in [1.165, 1.54) is 0 Å². The summed E-state index contributed by atoms with van der Waals surface area (Å²) in [4.78, 5) is 17.7. The molecule has 0 aliphatic rings. The topological polar surface area (TPSA) is 77.2 Å². The van der Waals surface area contributed by atoms with Gasteiger partial charge in [-0.2, -0.15) is 4.98 Å². The van der Waals surface area contributed by atoms with Gasteiger partial charge in [0, 0.05) is 5.92 Å². The molecule has 4 aromatic rings. The molecule has 1 N–H and O–H groups in total. The number of aryl methyl sites for hydroxylation is 1. The fourth-order valence-electron chi connectivity index (χ4n) is 3.61. The van der Waals surface area contributed by atoms with E-state index < -0.39 is 0 Å². The lowest BCUT2D eigenvalue weighted by molar-refractivity contribution is -0.117. The average molecular weight is 430 g/mol. The predicted molar refractivity (Wildman–Crippen MR) is 126 cm³/mol. The van der Waals surface area contributed by atoms with Crippen molar-refractivity contribution in [1.82, 2.24) is 10.1 Å². The van der Waals surface area contributed by atoms with Crippen LogP contribution in [0.2, 0.25) is 0 Å². The quantitative estimate of drug-likeness (QED) is 0.402. The number of fused-ring (bicyclic) bond motifs is 1. The number of carbonyl (C=O) groups is 1. The van der Waals surface area contributed by atoms with Crippen LogP contribution in [0, 0.1) is 6.92 Å². The van der Waals surface area contributed by atoms with Crippen molar-refractivity contribution in [2.45, 2.75) is 39.5 Å². The second-order valence-electron chi connectivity index (χ2n) is 8.29. The van der Waals surface area contributed by atoms with E-state index in [9.17, 15) is 4.79 Å². The molecule has 0 radical (unpaired) electrons. The standard InChI is InChI=1S/C26H27N3O3/c1-15(2)24-28-26(32-29-24)22-8-6-7-16(3)23(22)27-25(30)17(4)18-9-10-20-14-21(31-5)12-11-19(20)13-18/h6-15,17H,1-5H3,(H,27,30)/t17-/m0/s1. The summed E-state index contributed by atoms with van der Waals surface area (Å²) in [5.74, 6) is 1.56. The van der Waals surface area contributed by atoms with Crippen LogP contribution in [-0.2, 0) is 4.79 Å². The first-order valence-corrected chi connectivity index (χ1v) is 10.7. The summed E-state index contributed by atoms with van der Waals surface area (Å²) in [7, 11) is 1.65. The zero-order chi connectivity index (χ0) is 22.8. The minimum Gasteiger partial charge on any atom is -0.497 e. The van der Waals surface area contributed by atoms with Gasteiger partial charge in [-0.25, -0.2) is 0 Å². The molecule has 164 valence electrons. The third-order valence-corrected chi connectivity index (χ3v) is 5.67. The minimum absolute atomic E-state index is 0.1000. The Hall–Kier alpha value is -3.67. The highest BCUT2D eigenvalue weighted by Gasteiger charge is 2.21. The number of aromatic nitrogens is 2. The van der Waals surface area contributed by atoms with Crippen LogP contribution in [0.1, 0.15) is 49.6 Å². The number of nitrogens with one attached hydrogen (secondary N) is 1. The Kier molecular flexibility index (Phi) is 5.95. The molecular formula is C26H27N3O3. The molecule has 0 bridgehead atoms. The number of ether oxygens (including phenoxy) is 1. The Morgan fingerprint density at radius 1 is 1.03 bits per heavy atom. The Labute approximate surface area is 187 Å². The average Bonchev–Trinajstić information content (AvgIpc) is 3.29. The predicted octanol–water partition coefficient (Wildman–Crippen LogP) is 6.07. The Bertz CT molecular complexity index is 1280. The van der Waals surface area contributed by atoms with Crippen LogP contribution < -0.4 is 10.1 Å². The molecule has 1 atom stereocenters. The molecule has 32 heavy (non-hydrogen) atoms. The number of hydrogen-bond donors (Lipinski definition) is 1. The van der Waals surface area contributed by atoms with Crippen molar-refractivity contribution in [3.05, 3.63) is 71.5 Å². The molecule has 0 fully saturated rings.